The third kappa shape index (κ3) is 3.06. The van der Waals surface area contributed by atoms with Crippen molar-refractivity contribution in [3.8, 4) is 0 Å². The highest BCUT2D eigenvalue weighted by Gasteiger charge is 2.47. The van der Waals surface area contributed by atoms with Gasteiger partial charge in [0.1, 0.15) is 6.61 Å². The van der Waals surface area contributed by atoms with Gasteiger partial charge in [0.2, 0.25) is 6.10 Å². The van der Waals surface area contributed by atoms with Crippen LogP contribution in [0.1, 0.15) is 20.8 Å². The predicted molar refractivity (Wildman–Crippen MR) is 60.2 cm³/mol. The van der Waals surface area contributed by atoms with Crippen molar-refractivity contribution in [2.45, 2.75) is 33.0 Å². The Bertz CT molecular complexity index is 332. The van der Waals surface area contributed by atoms with E-state index in [4.69, 9.17) is 14.2 Å². The molecule has 0 aliphatic carbocycles. The Labute approximate surface area is 101 Å². The van der Waals surface area contributed by atoms with Crippen molar-refractivity contribution in [1.29, 1.82) is 0 Å². The summed E-state index contributed by atoms with van der Waals surface area (Å²) in [4.78, 5) is 23.2. The molecule has 96 valence electrons. The maximum absolute atomic E-state index is 11.7. The van der Waals surface area contributed by atoms with Crippen LogP contribution in [0.2, 0.25) is 0 Å². The summed E-state index contributed by atoms with van der Waals surface area (Å²) in [6.07, 6.45) is 1.60. The summed E-state index contributed by atoms with van der Waals surface area (Å²) in [5, 5.41) is 0. The van der Waals surface area contributed by atoms with Crippen LogP contribution in [0.4, 0.5) is 0 Å². The molecule has 1 aliphatic rings. The van der Waals surface area contributed by atoms with Gasteiger partial charge in [-0.3, -0.25) is 0 Å². The Hall–Kier alpha value is -1.36. The number of carbonyl (C=O) groups is 2. The molecule has 1 aliphatic heterocycles. The highest BCUT2D eigenvalue weighted by Crippen LogP contribution is 2.31. The zero-order valence-electron chi connectivity index (χ0n) is 10.6. The third-order valence-electron chi connectivity index (χ3n) is 2.60. The lowest BCUT2D eigenvalue weighted by molar-refractivity contribution is -0.169. The van der Waals surface area contributed by atoms with Crippen molar-refractivity contribution in [1.82, 2.24) is 0 Å². The van der Waals surface area contributed by atoms with Crippen LogP contribution in [0.3, 0.4) is 0 Å². The Kier molecular flexibility index (Phi) is 4.28. The summed E-state index contributed by atoms with van der Waals surface area (Å²) in [5.74, 6) is -1.08. The van der Waals surface area contributed by atoms with Crippen LogP contribution in [-0.2, 0) is 23.8 Å². The molecule has 1 heterocycles. The smallest absolute Gasteiger partial charge is 0.348 e. The second-order valence-corrected chi connectivity index (χ2v) is 4.60. The summed E-state index contributed by atoms with van der Waals surface area (Å²) < 4.78 is 15.0. The minimum Gasteiger partial charge on any atom is -0.462 e. The number of rotatable bonds is 4. The van der Waals surface area contributed by atoms with Gasteiger partial charge in [0.15, 0.2) is 6.10 Å². The van der Waals surface area contributed by atoms with E-state index in [9.17, 15) is 9.59 Å². The summed E-state index contributed by atoms with van der Waals surface area (Å²) in [7, 11) is 1.41. The first-order valence-corrected chi connectivity index (χ1v) is 5.45. The summed E-state index contributed by atoms with van der Waals surface area (Å²) in [6.45, 7) is 5.65. The van der Waals surface area contributed by atoms with Crippen LogP contribution in [0.25, 0.3) is 0 Å². The number of hydrogen-bond acceptors (Lipinski definition) is 5. The van der Waals surface area contributed by atoms with Gasteiger partial charge < -0.3 is 14.2 Å². The number of methoxy groups -OCH3 is 1. The Morgan fingerprint density at radius 3 is 2.65 bits per heavy atom. The number of allylic oxidation sites excluding steroid dienone is 1. The maximum atomic E-state index is 11.7. The molecule has 0 amide bonds. The molecule has 5 heteroatoms. The monoisotopic (exact) mass is 242 g/mol. The number of hydrogen-bond donors (Lipinski definition) is 0. The molecule has 0 saturated carbocycles. The van der Waals surface area contributed by atoms with Crippen molar-refractivity contribution in [3.05, 3.63) is 12.2 Å². The molecule has 0 spiro atoms. The van der Waals surface area contributed by atoms with E-state index in [1.165, 1.54) is 7.11 Å². The van der Waals surface area contributed by atoms with Crippen molar-refractivity contribution in [2.75, 3.05) is 13.7 Å². The number of ether oxygens (including phenoxy) is 3. The number of esters is 2. The largest absolute Gasteiger partial charge is 0.462 e. The lowest BCUT2D eigenvalue weighted by atomic mass is 9.90. The molecule has 1 fully saturated rings. The van der Waals surface area contributed by atoms with E-state index in [1.807, 2.05) is 13.8 Å². The van der Waals surface area contributed by atoms with E-state index in [1.54, 1.807) is 19.1 Å². The molecule has 0 aromatic rings. The highest BCUT2D eigenvalue weighted by molar-refractivity contribution is 5.84. The molecule has 0 N–H and O–H groups in total. The Morgan fingerprint density at radius 1 is 1.59 bits per heavy atom. The van der Waals surface area contributed by atoms with Crippen LogP contribution in [0.15, 0.2) is 12.2 Å². The average Bonchev–Trinajstić information content (AvgIpc) is 2.52. The van der Waals surface area contributed by atoms with Crippen molar-refractivity contribution in [3.63, 3.8) is 0 Å². The minimum absolute atomic E-state index is 0.255. The Morgan fingerprint density at radius 2 is 2.24 bits per heavy atom. The fraction of sp³-hybridized carbons (Fsp3) is 0.667. The molecule has 0 aromatic carbocycles. The molecule has 0 radical (unpaired) electrons. The summed E-state index contributed by atoms with van der Waals surface area (Å²) in [5.41, 5.74) is -0.499. The molecule has 5 nitrogen and oxygen atoms in total. The number of cyclic esters (lactones) is 1. The molecular formula is C12H18O5. The highest BCUT2D eigenvalue weighted by atomic mass is 16.6. The van der Waals surface area contributed by atoms with Gasteiger partial charge in [0, 0.05) is 12.5 Å². The average molecular weight is 242 g/mol. The summed E-state index contributed by atoms with van der Waals surface area (Å²) >= 11 is 0. The van der Waals surface area contributed by atoms with Crippen molar-refractivity contribution < 1.29 is 23.8 Å². The molecule has 0 bridgehead atoms. The van der Waals surface area contributed by atoms with E-state index in [0.29, 0.717) is 0 Å². The molecular weight excluding hydrogens is 224 g/mol. The second kappa shape index (κ2) is 5.31. The molecule has 2 atom stereocenters. The van der Waals surface area contributed by atoms with Gasteiger partial charge in [-0.25, -0.2) is 9.59 Å². The van der Waals surface area contributed by atoms with Crippen LogP contribution >= 0.6 is 0 Å². The van der Waals surface area contributed by atoms with Gasteiger partial charge in [0.05, 0.1) is 0 Å². The maximum Gasteiger partial charge on any atom is 0.348 e. The fourth-order valence-corrected chi connectivity index (χ4v) is 1.55. The zero-order valence-corrected chi connectivity index (χ0v) is 10.6. The van der Waals surface area contributed by atoms with Crippen LogP contribution in [0, 0.1) is 5.41 Å². The van der Waals surface area contributed by atoms with Crippen LogP contribution in [0.5, 0.6) is 0 Å². The Balaban J connectivity index is 2.70. The second-order valence-electron chi connectivity index (χ2n) is 4.60. The first-order chi connectivity index (χ1) is 7.92. The molecule has 1 unspecified atom stereocenters. The minimum atomic E-state index is -0.863. The first kappa shape index (κ1) is 13.7. The lowest BCUT2D eigenvalue weighted by Gasteiger charge is -2.22. The van der Waals surface area contributed by atoms with Gasteiger partial charge in [-0.15, -0.1) is 0 Å². The van der Waals surface area contributed by atoms with Gasteiger partial charge in [0.25, 0.3) is 0 Å². The van der Waals surface area contributed by atoms with E-state index in [2.05, 4.69) is 0 Å². The van der Waals surface area contributed by atoms with Gasteiger partial charge >= 0.3 is 11.9 Å². The van der Waals surface area contributed by atoms with Gasteiger partial charge in [-0.05, 0) is 13.0 Å². The lowest BCUT2D eigenvalue weighted by Crippen LogP contribution is -2.38. The fourth-order valence-electron chi connectivity index (χ4n) is 1.55. The van der Waals surface area contributed by atoms with Crippen molar-refractivity contribution in [2.24, 2.45) is 5.41 Å². The normalized spacial score (nSPS) is 24.7. The SMILES string of the molecule is C/C=C/C(OC)C(=O)O[C@H]1C(=O)OCC1(C)C. The zero-order chi connectivity index (χ0) is 13.1. The van der Waals surface area contributed by atoms with Crippen LogP contribution in [-0.4, -0.2) is 37.9 Å². The molecule has 1 rings (SSSR count). The van der Waals surface area contributed by atoms with Gasteiger partial charge in [-0.1, -0.05) is 19.9 Å². The molecule has 17 heavy (non-hydrogen) atoms. The quantitative estimate of drug-likeness (QED) is 0.545. The summed E-state index contributed by atoms with van der Waals surface area (Å²) in [6, 6.07) is 0. The van der Waals surface area contributed by atoms with Gasteiger partial charge in [-0.2, -0.15) is 0 Å². The van der Waals surface area contributed by atoms with Crippen molar-refractivity contribution >= 4 is 11.9 Å². The van der Waals surface area contributed by atoms with E-state index < -0.39 is 29.6 Å². The van der Waals surface area contributed by atoms with E-state index >= 15 is 0 Å². The predicted octanol–water partition coefficient (Wildman–Crippen LogP) is 1.07. The molecule has 1 saturated heterocycles. The van der Waals surface area contributed by atoms with Crippen LogP contribution < -0.4 is 0 Å². The first-order valence-electron chi connectivity index (χ1n) is 5.45. The van der Waals surface area contributed by atoms with E-state index in [-0.39, 0.29) is 6.61 Å². The molecule has 0 aromatic heterocycles. The standard InChI is InChI=1S/C12H18O5/c1-5-6-8(15-4)10(13)17-9-11(14)16-7-12(9,2)3/h5-6,8-9H,7H2,1-4H3/b6-5+/t8?,9-/m0/s1. The third-order valence-corrected chi connectivity index (χ3v) is 2.60. The van der Waals surface area contributed by atoms with E-state index in [0.717, 1.165) is 0 Å². The topological polar surface area (TPSA) is 61.8 Å². The number of carbonyl (C=O) groups excluding carboxylic acids is 2.